The molecule has 2 heterocycles. The number of nitrogens with zero attached hydrogens (tertiary/aromatic N) is 2. The number of nitrogens with one attached hydrogen (secondary N) is 1. The van der Waals surface area contributed by atoms with Crippen LogP contribution >= 0.6 is 0 Å². The van der Waals surface area contributed by atoms with E-state index in [4.69, 9.17) is 0 Å². The van der Waals surface area contributed by atoms with E-state index in [-0.39, 0.29) is 22.7 Å². The Morgan fingerprint density at radius 3 is 2.38 bits per heavy atom. The van der Waals surface area contributed by atoms with Gasteiger partial charge >= 0.3 is 0 Å². The maximum Gasteiger partial charge on any atom is 0.264 e. The zero-order chi connectivity index (χ0) is 26.9. The Hall–Kier alpha value is -3.58. The topological polar surface area (TPSA) is 88.5 Å². The van der Waals surface area contributed by atoms with Gasteiger partial charge in [-0.2, -0.15) is 4.31 Å². The zero-order valence-electron chi connectivity index (χ0n) is 19.0. The Kier molecular flexibility index (Phi) is 7.46. The number of halogens is 5. The van der Waals surface area contributed by atoms with Crippen LogP contribution in [0.15, 0.2) is 70.5 Å². The number of carbonyl (C=O) groups excluding carboxylic acids is 1. The monoisotopic (exact) mass is 541 g/mol. The first-order valence-corrected chi connectivity index (χ1v) is 12.4. The van der Waals surface area contributed by atoms with Crippen LogP contribution in [0.1, 0.15) is 24.0 Å². The molecule has 1 aromatic heterocycles. The van der Waals surface area contributed by atoms with Crippen molar-refractivity contribution in [2.45, 2.75) is 36.5 Å². The fourth-order valence-electron chi connectivity index (χ4n) is 4.03. The SMILES string of the molecule is O=C(NCc1cc(F)cc(-n2ccc(C(F)F)cc2=O)c1)[C@@H]1CC(F)CN1S(=O)(=O)c1ccc(F)cc1. The van der Waals surface area contributed by atoms with E-state index < -0.39 is 70.3 Å². The first-order chi connectivity index (χ1) is 17.5. The molecule has 0 saturated carbocycles. The summed E-state index contributed by atoms with van der Waals surface area (Å²) in [4.78, 5) is 24.8. The van der Waals surface area contributed by atoms with Gasteiger partial charge in [0, 0.05) is 37.3 Å². The van der Waals surface area contributed by atoms with Gasteiger partial charge in [0.05, 0.1) is 10.6 Å². The van der Waals surface area contributed by atoms with E-state index in [0.717, 1.165) is 59.3 Å². The summed E-state index contributed by atoms with van der Waals surface area (Å²) in [5, 5.41) is 2.44. The molecule has 1 amide bonds. The van der Waals surface area contributed by atoms with E-state index >= 15 is 0 Å². The number of alkyl halides is 3. The predicted octanol–water partition coefficient (Wildman–Crippen LogP) is 3.47. The van der Waals surface area contributed by atoms with E-state index in [0.29, 0.717) is 4.31 Å². The van der Waals surface area contributed by atoms with Gasteiger partial charge in [-0.25, -0.2) is 30.4 Å². The first kappa shape index (κ1) is 26.5. The molecule has 2 aromatic carbocycles. The van der Waals surface area contributed by atoms with E-state index in [9.17, 15) is 40.0 Å². The van der Waals surface area contributed by atoms with Gasteiger partial charge in [-0.15, -0.1) is 0 Å². The molecule has 7 nitrogen and oxygen atoms in total. The van der Waals surface area contributed by atoms with Gasteiger partial charge in [0.25, 0.3) is 12.0 Å². The number of hydrogen-bond donors (Lipinski definition) is 1. The molecule has 0 spiro atoms. The van der Waals surface area contributed by atoms with Crippen molar-refractivity contribution in [3.05, 3.63) is 93.9 Å². The summed E-state index contributed by atoms with van der Waals surface area (Å²) >= 11 is 0. The van der Waals surface area contributed by atoms with Crippen LogP contribution in [0.5, 0.6) is 0 Å². The summed E-state index contributed by atoms with van der Waals surface area (Å²) in [7, 11) is -4.32. The lowest BCUT2D eigenvalue weighted by molar-refractivity contribution is -0.124. The summed E-state index contributed by atoms with van der Waals surface area (Å²) in [6.07, 6.45) is -3.81. The number of rotatable bonds is 7. The molecule has 1 saturated heterocycles. The summed E-state index contributed by atoms with van der Waals surface area (Å²) in [6.45, 7) is -0.870. The zero-order valence-corrected chi connectivity index (χ0v) is 19.8. The molecule has 1 aliphatic rings. The van der Waals surface area contributed by atoms with Crippen LogP contribution in [0.25, 0.3) is 5.69 Å². The normalized spacial score (nSPS) is 18.3. The van der Waals surface area contributed by atoms with Crippen LogP contribution < -0.4 is 10.9 Å². The van der Waals surface area contributed by atoms with E-state index in [1.165, 1.54) is 6.07 Å². The van der Waals surface area contributed by atoms with Gasteiger partial charge in [-0.05, 0) is 54.1 Å². The minimum atomic E-state index is -4.32. The molecule has 37 heavy (non-hydrogen) atoms. The fourth-order valence-corrected chi connectivity index (χ4v) is 5.65. The van der Waals surface area contributed by atoms with Crippen molar-refractivity contribution in [1.82, 2.24) is 14.2 Å². The number of amides is 1. The lowest BCUT2D eigenvalue weighted by Crippen LogP contribution is -2.45. The number of benzene rings is 2. The van der Waals surface area contributed by atoms with Crippen molar-refractivity contribution in [3.63, 3.8) is 0 Å². The maximum atomic E-state index is 14.3. The average molecular weight is 541 g/mol. The third kappa shape index (κ3) is 5.72. The first-order valence-electron chi connectivity index (χ1n) is 11.0. The van der Waals surface area contributed by atoms with E-state index in [1.807, 2.05) is 0 Å². The highest BCUT2D eigenvalue weighted by atomic mass is 32.2. The second kappa shape index (κ2) is 10.4. The fraction of sp³-hybridized carbons (Fsp3) is 0.250. The van der Waals surface area contributed by atoms with E-state index in [1.54, 1.807) is 0 Å². The lowest BCUT2D eigenvalue weighted by atomic mass is 10.1. The Bertz CT molecular complexity index is 1480. The Balaban J connectivity index is 1.52. The largest absolute Gasteiger partial charge is 0.351 e. The molecule has 13 heteroatoms. The second-order valence-corrected chi connectivity index (χ2v) is 10.3. The van der Waals surface area contributed by atoms with Crippen LogP contribution in [0.4, 0.5) is 22.0 Å². The van der Waals surface area contributed by atoms with Gasteiger partial charge < -0.3 is 5.32 Å². The minimum absolute atomic E-state index is 0.0141. The second-order valence-electron chi connectivity index (χ2n) is 8.38. The van der Waals surface area contributed by atoms with Gasteiger partial charge in [-0.3, -0.25) is 14.2 Å². The van der Waals surface area contributed by atoms with Crippen molar-refractivity contribution in [3.8, 4) is 5.69 Å². The highest BCUT2D eigenvalue weighted by Crippen LogP contribution is 2.28. The van der Waals surface area contributed by atoms with Crippen LogP contribution in [0.3, 0.4) is 0 Å². The predicted molar refractivity (Wildman–Crippen MR) is 122 cm³/mol. The van der Waals surface area contributed by atoms with Crippen molar-refractivity contribution in [2.75, 3.05) is 6.54 Å². The summed E-state index contributed by atoms with van der Waals surface area (Å²) in [5.74, 6) is -2.29. The third-order valence-corrected chi connectivity index (χ3v) is 7.70. The Morgan fingerprint density at radius 1 is 1.03 bits per heavy atom. The molecular formula is C24H20F5N3O4S. The van der Waals surface area contributed by atoms with Crippen molar-refractivity contribution in [2.24, 2.45) is 0 Å². The highest BCUT2D eigenvalue weighted by Gasteiger charge is 2.44. The number of aromatic nitrogens is 1. The molecule has 1 unspecified atom stereocenters. The smallest absolute Gasteiger partial charge is 0.264 e. The van der Waals surface area contributed by atoms with Crippen LogP contribution in [-0.4, -0.2) is 42.0 Å². The molecule has 0 radical (unpaired) electrons. The summed E-state index contributed by atoms with van der Waals surface area (Å²) in [6, 6.07) is 7.61. The van der Waals surface area contributed by atoms with Gasteiger partial charge in [0.2, 0.25) is 15.9 Å². The van der Waals surface area contributed by atoms with E-state index in [2.05, 4.69) is 5.32 Å². The standard InChI is InChI=1S/C24H20F5N3O4S/c25-16-1-3-20(4-2-16)37(35,36)32-13-18(27)11-21(32)24(34)30-12-14-7-17(26)10-19(8-14)31-6-5-15(23(28)29)9-22(31)33/h1-10,18,21,23H,11-13H2,(H,30,34)/t18?,21-/m0/s1. The number of sulfonamides is 1. The van der Waals surface area contributed by atoms with Crippen LogP contribution in [0, 0.1) is 11.6 Å². The van der Waals surface area contributed by atoms with Gasteiger partial charge in [-0.1, -0.05) is 0 Å². The molecule has 3 aromatic rings. The molecule has 1 aliphatic heterocycles. The molecule has 0 aliphatic carbocycles. The van der Waals surface area contributed by atoms with Crippen molar-refractivity contribution >= 4 is 15.9 Å². The molecular weight excluding hydrogens is 521 g/mol. The Labute approximate surface area is 208 Å². The van der Waals surface area contributed by atoms with Gasteiger partial charge in [0.15, 0.2) is 0 Å². The number of pyridine rings is 1. The van der Waals surface area contributed by atoms with Crippen molar-refractivity contribution in [1.29, 1.82) is 0 Å². The van der Waals surface area contributed by atoms with Gasteiger partial charge in [0.1, 0.15) is 23.8 Å². The maximum absolute atomic E-state index is 14.3. The molecule has 2 atom stereocenters. The molecule has 196 valence electrons. The quantitative estimate of drug-likeness (QED) is 0.464. The number of hydrogen-bond acceptors (Lipinski definition) is 4. The summed E-state index contributed by atoms with van der Waals surface area (Å²) < 4.78 is 94.8. The third-order valence-electron chi connectivity index (χ3n) is 5.81. The molecule has 4 rings (SSSR count). The Morgan fingerprint density at radius 2 is 1.73 bits per heavy atom. The highest BCUT2D eigenvalue weighted by molar-refractivity contribution is 7.89. The summed E-state index contributed by atoms with van der Waals surface area (Å²) in [5.41, 5.74) is -1.12. The molecule has 1 fully saturated rings. The number of carbonyl (C=O) groups is 1. The van der Waals surface area contributed by atoms with Crippen LogP contribution in [-0.2, 0) is 21.4 Å². The average Bonchev–Trinajstić information content (AvgIpc) is 3.25. The van der Waals surface area contributed by atoms with Crippen molar-refractivity contribution < 1.29 is 35.2 Å². The lowest BCUT2D eigenvalue weighted by Gasteiger charge is -2.23. The minimum Gasteiger partial charge on any atom is -0.351 e. The molecule has 0 bridgehead atoms. The van der Waals surface area contributed by atoms with Crippen LogP contribution in [0.2, 0.25) is 0 Å². The molecule has 1 N–H and O–H groups in total.